The summed E-state index contributed by atoms with van der Waals surface area (Å²) in [7, 11) is 0. The molecule has 0 atom stereocenters. The van der Waals surface area contributed by atoms with Gasteiger partial charge in [-0.25, -0.2) is 0 Å². The van der Waals surface area contributed by atoms with E-state index < -0.39 is 0 Å². The highest BCUT2D eigenvalue weighted by atomic mass is 16.3. The molecule has 0 aliphatic carbocycles. The van der Waals surface area contributed by atoms with Gasteiger partial charge in [0.2, 0.25) is 0 Å². The zero-order chi connectivity index (χ0) is 48.5. The van der Waals surface area contributed by atoms with E-state index in [1.54, 1.807) is 0 Å². The SMILES string of the molecule is Cc1ccccc1N(c1ccc2c(c1)c1cccc3c4cc5c(cc4n2c13)c1cccc2c3cc(N(c4ccccc4C)c4cccc6c4oc4ccccc46)ccc3n5c21)c1cccc2c1oc1ccccc12. The molecular formula is C68H42N4O2. The van der Waals surface area contributed by atoms with Crippen LogP contribution in [0, 0.1) is 13.8 Å². The minimum atomic E-state index is 0.875. The highest BCUT2D eigenvalue weighted by molar-refractivity contribution is 6.29. The lowest BCUT2D eigenvalue weighted by molar-refractivity contribution is 0.668. The molecule has 0 unspecified atom stereocenters. The van der Waals surface area contributed by atoms with Gasteiger partial charge in [-0.05, 0) is 110 Å². The molecule has 0 spiro atoms. The van der Waals surface area contributed by atoms with E-state index in [0.717, 1.165) is 78.0 Å². The number of benzene rings is 11. The minimum Gasteiger partial charge on any atom is -0.454 e. The Hall–Kier alpha value is -9.78. The molecule has 346 valence electrons. The van der Waals surface area contributed by atoms with Crippen LogP contribution in [-0.2, 0) is 0 Å². The summed E-state index contributed by atoms with van der Waals surface area (Å²) in [5, 5.41) is 14.4. The second-order valence-electron chi connectivity index (χ2n) is 20.1. The van der Waals surface area contributed by atoms with Crippen LogP contribution in [0.4, 0.5) is 34.1 Å². The first-order valence-electron chi connectivity index (χ1n) is 25.4. The Labute approximate surface area is 423 Å². The summed E-state index contributed by atoms with van der Waals surface area (Å²) in [6.07, 6.45) is 0. The normalized spacial score (nSPS) is 12.5. The number of aryl methyl sites for hydroxylation is 2. The standard InChI is InChI=1S/C68H42N4O2/c1-39-15-3-7-25-55(39)69(59-27-13-23-49-43-17-5-9-29-63(43)73-67(49)59)41-31-33-57-51(35-41)45-19-11-21-47-53-38-62-54(37-61(53)71(57)65(45)47)48-22-12-20-46-52-36-42(32-34-58(52)72(62)66(46)48)70(56-26-8-4-16-40(56)2)60-28-14-24-50-44-18-6-10-30-64(44)74-68(50)60/h3-38H,1-2H3. The quantitative estimate of drug-likeness (QED) is 0.167. The van der Waals surface area contributed by atoms with E-state index in [1.807, 2.05) is 12.1 Å². The van der Waals surface area contributed by atoms with Crippen molar-refractivity contribution in [3.05, 3.63) is 230 Å². The maximum Gasteiger partial charge on any atom is 0.159 e. The second kappa shape index (κ2) is 14.4. The number of anilines is 6. The Morgan fingerprint density at radius 2 is 0.635 bits per heavy atom. The van der Waals surface area contributed by atoms with Crippen LogP contribution in [0.3, 0.4) is 0 Å². The van der Waals surface area contributed by atoms with Crippen LogP contribution in [0.25, 0.3) is 120 Å². The summed E-state index contributed by atoms with van der Waals surface area (Å²) >= 11 is 0. The van der Waals surface area contributed by atoms with Gasteiger partial charge in [0, 0.05) is 87.4 Å². The number of hydrogen-bond acceptors (Lipinski definition) is 4. The minimum absolute atomic E-state index is 0.875. The summed E-state index contributed by atoms with van der Waals surface area (Å²) in [6.45, 7) is 4.38. The van der Waals surface area contributed by atoms with Crippen molar-refractivity contribution in [1.82, 2.24) is 8.80 Å². The van der Waals surface area contributed by atoms with E-state index in [1.165, 1.54) is 87.3 Å². The fraction of sp³-hybridized carbons (Fsp3) is 0.0294. The molecule has 6 heterocycles. The number of rotatable bonds is 6. The summed E-state index contributed by atoms with van der Waals surface area (Å²) in [5.41, 5.74) is 19.6. The Kier molecular flexibility index (Phi) is 7.78. The molecule has 0 aliphatic heterocycles. The van der Waals surface area contributed by atoms with Gasteiger partial charge in [0.1, 0.15) is 11.2 Å². The Morgan fingerprint density at radius 3 is 1.08 bits per heavy atom. The largest absolute Gasteiger partial charge is 0.454 e. The van der Waals surface area contributed by atoms with E-state index in [-0.39, 0.29) is 0 Å². The number of furan rings is 2. The van der Waals surface area contributed by atoms with E-state index in [9.17, 15) is 0 Å². The molecule has 17 rings (SSSR count). The molecule has 0 amide bonds. The van der Waals surface area contributed by atoms with Crippen LogP contribution in [0.15, 0.2) is 227 Å². The van der Waals surface area contributed by atoms with E-state index in [0.29, 0.717) is 0 Å². The van der Waals surface area contributed by atoms with Gasteiger partial charge in [0.25, 0.3) is 0 Å². The molecular weight excluding hydrogens is 905 g/mol. The smallest absolute Gasteiger partial charge is 0.159 e. The first-order chi connectivity index (χ1) is 36.6. The van der Waals surface area contributed by atoms with Crippen molar-refractivity contribution in [3.8, 4) is 0 Å². The van der Waals surface area contributed by atoms with Crippen LogP contribution < -0.4 is 9.80 Å². The third-order valence-corrected chi connectivity index (χ3v) is 16.2. The first-order valence-corrected chi connectivity index (χ1v) is 25.4. The third kappa shape index (κ3) is 5.18. The van der Waals surface area contributed by atoms with Gasteiger partial charge in [0.15, 0.2) is 11.2 Å². The lowest BCUT2D eigenvalue weighted by atomic mass is 10.0. The molecule has 6 aromatic heterocycles. The van der Waals surface area contributed by atoms with Gasteiger partial charge in [-0.1, -0.05) is 133 Å². The molecule has 6 nitrogen and oxygen atoms in total. The highest BCUT2D eigenvalue weighted by Crippen LogP contribution is 2.50. The number of nitrogens with zero attached hydrogens (tertiary/aromatic N) is 4. The van der Waals surface area contributed by atoms with E-state index >= 15 is 0 Å². The number of aromatic nitrogens is 2. The van der Waals surface area contributed by atoms with E-state index in [2.05, 4.69) is 239 Å². The van der Waals surface area contributed by atoms with Crippen molar-refractivity contribution in [2.24, 2.45) is 0 Å². The highest BCUT2D eigenvalue weighted by Gasteiger charge is 2.27. The average Bonchev–Trinajstić information content (AvgIpc) is 4.37. The molecule has 6 heteroatoms. The zero-order valence-electron chi connectivity index (χ0n) is 40.4. The first kappa shape index (κ1) is 39.9. The topological polar surface area (TPSA) is 41.6 Å². The van der Waals surface area contributed by atoms with Crippen LogP contribution >= 0.6 is 0 Å². The molecule has 0 radical (unpaired) electrons. The van der Waals surface area contributed by atoms with Crippen LogP contribution in [0.2, 0.25) is 0 Å². The maximum absolute atomic E-state index is 6.69. The number of fused-ring (bicyclic) bond motifs is 18. The zero-order valence-corrected chi connectivity index (χ0v) is 40.4. The monoisotopic (exact) mass is 946 g/mol. The summed E-state index contributed by atoms with van der Waals surface area (Å²) in [6, 6.07) is 79.5. The molecule has 11 aromatic carbocycles. The van der Waals surface area contributed by atoms with Gasteiger partial charge in [0.05, 0.1) is 44.5 Å². The van der Waals surface area contributed by atoms with Crippen molar-refractivity contribution < 1.29 is 8.83 Å². The fourth-order valence-electron chi connectivity index (χ4n) is 13.0. The Balaban J connectivity index is 0.866. The molecule has 0 aliphatic rings. The lowest BCUT2D eigenvalue weighted by Crippen LogP contribution is -2.11. The second-order valence-corrected chi connectivity index (χ2v) is 20.1. The summed E-state index contributed by atoms with van der Waals surface area (Å²) in [5.74, 6) is 0. The molecule has 0 saturated heterocycles. The number of hydrogen-bond donors (Lipinski definition) is 0. The van der Waals surface area contributed by atoms with E-state index in [4.69, 9.17) is 8.83 Å². The predicted molar refractivity (Wildman–Crippen MR) is 309 cm³/mol. The van der Waals surface area contributed by atoms with Crippen LogP contribution in [0.5, 0.6) is 0 Å². The fourth-order valence-corrected chi connectivity index (χ4v) is 13.0. The molecule has 0 N–H and O–H groups in total. The molecule has 74 heavy (non-hydrogen) atoms. The van der Waals surface area contributed by atoms with Gasteiger partial charge in [-0.15, -0.1) is 0 Å². The molecule has 0 bridgehead atoms. The summed E-state index contributed by atoms with van der Waals surface area (Å²) < 4.78 is 18.4. The summed E-state index contributed by atoms with van der Waals surface area (Å²) in [4.78, 5) is 4.76. The lowest BCUT2D eigenvalue weighted by Gasteiger charge is -2.27. The number of para-hydroxylation sites is 8. The third-order valence-electron chi connectivity index (χ3n) is 16.2. The van der Waals surface area contributed by atoms with Crippen molar-refractivity contribution >= 4 is 154 Å². The van der Waals surface area contributed by atoms with Crippen LogP contribution in [-0.4, -0.2) is 8.80 Å². The van der Waals surface area contributed by atoms with Crippen molar-refractivity contribution in [2.75, 3.05) is 9.80 Å². The maximum atomic E-state index is 6.69. The van der Waals surface area contributed by atoms with Crippen molar-refractivity contribution in [1.29, 1.82) is 0 Å². The van der Waals surface area contributed by atoms with Gasteiger partial charge < -0.3 is 27.4 Å². The van der Waals surface area contributed by atoms with Gasteiger partial charge >= 0.3 is 0 Å². The Bertz CT molecular complexity index is 4880. The average molecular weight is 947 g/mol. The molecule has 0 saturated carbocycles. The Morgan fingerprint density at radius 1 is 0.284 bits per heavy atom. The van der Waals surface area contributed by atoms with Crippen molar-refractivity contribution in [3.63, 3.8) is 0 Å². The van der Waals surface area contributed by atoms with Crippen molar-refractivity contribution in [2.45, 2.75) is 13.8 Å². The molecule has 17 aromatic rings. The van der Waals surface area contributed by atoms with Gasteiger partial charge in [-0.3, -0.25) is 0 Å². The predicted octanol–water partition coefficient (Wildman–Crippen LogP) is 19.3. The molecule has 0 fully saturated rings. The van der Waals surface area contributed by atoms with Gasteiger partial charge in [-0.2, -0.15) is 0 Å². The van der Waals surface area contributed by atoms with Crippen LogP contribution in [0.1, 0.15) is 11.1 Å².